The standard InChI is InChI=1S/C15H14O4/c1-8-12(16)9(2)14(18)11(13(8)17)15(19)10-6-4-3-5-7-10/h3-7,16-18H,1-2H3. The van der Waals surface area contributed by atoms with Crippen LogP contribution in [0.2, 0.25) is 0 Å². The summed E-state index contributed by atoms with van der Waals surface area (Å²) in [7, 11) is 0. The number of ketones is 1. The lowest BCUT2D eigenvalue weighted by Gasteiger charge is -2.13. The molecule has 19 heavy (non-hydrogen) atoms. The van der Waals surface area contributed by atoms with Gasteiger partial charge in [-0.25, -0.2) is 0 Å². The minimum absolute atomic E-state index is 0.176. The Hall–Kier alpha value is -2.49. The number of hydrogen-bond acceptors (Lipinski definition) is 4. The fourth-order valence-electron chi connectivity index (χ4n) is 1.94. The molecular weight excluding hydrogens is 244 g/mol. The average Bonchev–Trinajstić information content (AvgIpc) is 2.44. The molecule has 4 heteroatoms. The summed E-state index contributed by atoms with van der Waals surface area (Å²) in [4.78, 5) is 12.3. The molecule has 0 unspecified atom stereocenters. The maximum Gasteiger partial charge on any atom is 0.200 e. The fraction of sp³-hybridized carbons (Fsp3) is 0.133. The van der Waals surface area contributed by atoms with Gasteiger partial charge in [-0.05, 0) is 13.8 Å². The Balaban J connectivity index is 2.67. The Morgan fingerprint density at radius 3 is 1.79 bits per heavy atom. The zero-order valence-corrected chi connectivity index (χ0v) is 10.6. The van der Waals surface area contributed by atoms with E-state index in [-0.39, 0.29) is 22.4 Å². The smallest absolute Gasteiger partial charge is 0.200 e. The van der Waals surface area contributed by atoms with Crippen LogP contribution in [0.1, 0.15) is 27.0 Å². The zero-order valence-electron chi connectivity index (χ0n) is 10.6. The third-order valence-corrected chi connectivity index (χ3v) is 3.16. The molecule has 0 saturated heterocycles. The van der Waals surface area contributed by atoms with Crippen molar-refractivity contribution >= 4 is 5.78 Å². The fourth-order valence-corrected chi connectivity index (χ4v) is 1.94. The molecule has 0 bridgehead atoms. The molecule has 0 aliphatic carbocycles. The lowest BCUT2D eigenvalue weighted by molar-refractivity contribution is 0.103. The normalized spacial score (nSPS) is 10.4. The first kappa shape index (κ1) is 13.0. The summed E-state index contributed by atoms with van der Waals surface area (Å²) in [6.45, 7) is 2.97. The van der Waals surface area contributed by atoms with Crippen molar-refractivity contribution < 1.29 is 20.1 Å². The van der Waals surface area contributed by atoms with Crippen LogP contribution in [0, 0.1) is 13.8 Å². The second kappa shape index (κ2) is 4.65. The van der Waals surface area contributed by atoms with Crippen molar-refractivity contribution in [1.82, 2.24) is 0 Å². The van der Waals surface area contributed by atoms with E-state index in [1.54, 1.807) is 30.3 Å². The summed E-state index contributed by atoms with van der Waals surface area (Å²) >= 11 is 0. The van der Waals surface area contributed by atoms with Gasteiger partial charge in [0.15, 0.2) is 0 Å². The van der Waals surface area contributed by atoms with Crippen molar-refractivity contribution in [3.63, 3.8) is 0 Å². The number of carbonyl (C=O) groups is 1. The Morgan fingerprint density at radius 1 is 0.842 bits per heavy atom. The largest absolute Gasteiger partial charge is 0.507 e. The molecule has 2 aromatic carbocycles. The van der Waals surface area contributed by atoms with Gasteiger partial charge in [-0.3, -0.25) is 4.79 Å². The van der Waals surface area contributed by atoms with E-state index < -0.39 is 17.3 Å². The average molecular weight is 258 g/mol. The van der Waals surface area contributed by atoms with Crippen molar-refractivity contribution in [3.05, 3.63) is 52.6 Å². The number of phenolic OH excluding ortho intramolecular Hbond substituents is 3. The van der Waals surface area contributed by atoms with E-state index in [0.29, 0.717) is 5.56 Å². The first-order chi connectivity index (χ1) is 8.95. The van der Waals surface area contributed by atoms with Gasteiger partial charge in [0, 0.05) is 16.7 Å². The predicted octanol–water partition coefficient (Wildman–Crippen LogP) is 2.65. The molecule has 3 N–H and O–H groups in total. The van der Waals surface area contributed by atoms with Crippen molar-refractivity contribution in [1.29, 1.82) is 0 Å². The van der Waals surface area contributed by atoms with E-state index in [4.69, 9.17) is 0 Å². The SMILES string of the molecule is Cc1c(O)c(C)c(O)c(C(=O)c2ccccc2)c1O. The highest BCUT2D eigenvalue weighted by Crippen LogP contribution is 2.41. The summed E-state index contributed by atoms with van der Waals surface area (Å²) in [6.07, 6.45) is 0. The minimum Gasteiger partial charge on any atom is -0.507 e. The number of rotatable bonds is 2. The summed E-state index contributed by atoms with van der Waals surface area (Å²) in [5.74, 6) is -1.48. The molecule has 0 aromatic heterocycles. The van der Waals surface area contributed by atoms with Gasteiger partial charge >= 0.3 is 0 Å². The molecule has 0 radical (unpaired) electrons. The van der Waals surface area contributed by atoms with E-state index in [9.17, 15) is 20.1 Å². The van der Waals surface area contributed by atoms with Gasteiger partial charge in [-0.1, -0.05) is 30.3 Å². The van der Waals surface area contributed by atoms with E-state index in [1.807, 2.05) is 0 Å². The first-order valence-corrected chi connectivity index (χ1v) is 5.79. The van der Waals surface area contributed by atoms with E-state index in [0.717, 1.165) is 0 Å². The second-order valence-corrected chi connectivity index (χ2v) is 4.37. The molecule has 0 aliphatic rings. The lowest BCUT2D eigenvalue weighted by Crippen LogP contribution is -2.04. The van der Waals surface area contributed by atoms with Gasteiger partial charge in [0.25, 0.3) is 0 Å². The van der Waals surface area contributed by atoms with Crippen LogP contribution in [0.5, 0.6) is 17.2 Å². The minimum atomic E-state index is -0.484. The van der Waals surface area contributed by atoms with Gasteiger partial charge in [-0.15, -0.1) is 0 Å². The Morgan fingerprint density at radius 2 is 1.32 bits per heavy atom. The second-order valence-electron chi connectivity index (χ2n) is 4.37. The highest BCUT2D eigenvalue weighted by Gasteiger charge is 2.24. The molecule has 0 heterocycles. The van der Waals surface area contributed by atoms with E-state index >= 15 is 0 Å². The van der Waals surface area contributed by atoms with Gasteiger partial charge in [-0.2, -0.15) is 0 Å². The third kappa shape index (κ3) is 2.01. The Bertz CT molecular complexity index is 616. The highest BCUT2D eigenvalue weighted by atomic mass is 16.3. The predicted molar refractivity (Wildman–Crippen MR) is 70.8 cm³/mol. The van der Waals surface area contributed by atoms with Crippen molar-refractivity contribution in [3.8, 4) is 17.2 Å². The maximum atomic E-state index is 12.3. The number of aromatic hydroxyl groups is 3. The zero-order chi connectivity index (χ0) is 14.2. The summed E-state index contributed by atoms with van der Waals surface area (Å²) < 4.78 is 0. The highest BCUT2D eigenvalue weighted by molar-refractivity contribution is 6.13. The van der Waals surface area contributed by atoms with Crippen molar-refractivity contribution in [2.45, 2.75) is 13.8 Å². The van der Waals surface area contributed by atoms with Crippen molar-refractivity contribution in [2.75, 3.05) is 0 Å². The van der Waals surface area contributed by atoms with Gasteiger partial charge in [0.2, 0.25) is 5.78 Å². The van der Waals surface area contributed by atoms with E-state index in [2.05, 4.69) is 0 Å². The molecule has 0 aliphatic heterocycles. The van der Waals surface area contributed by atoms with Crippen LogP contribution >= 0.6 is 0 Å². The molecule has 0 amide bonds. The molecule has 98 valence electrons. The Kier molecular flexibility index (Phi) is 3.17. The molecule has 0 fully saturated rings. The molecule has 0 spiro atoms. The quantitative estimate of drug-likeness (QED) is 0.724. The maximum absolute atomic E-state index is 12.3. The Labute approximate surface area is 110 Å². The van der Waals surface area contributed by atoms with Crippen LogP contribution in [0.3, 0.4) is 0 Å². The number of hydrogen-bond donors (Lipinski definition) is 3. The molecule has 0 saturated carbocycles. The van der Waals surface area contributed by atoms with Crippen LogP contribution in [0.4, 0.5) is 0 Å². The van der Waals surface area contributed by atoms with Crippen LogP contribution in [-0.4, -0.2) is 21.1 Å². The van der Waals surface area contributed by atoms with Gasteiger partial charge in [0.05, 0.1) is 0 Å². The van der Waals surface area contributed by atoms with Crippen LogP contribution in [0.25, 0.3) is 0 Å². The van der Waals surface area contributed by atoms with E-state index in [1.165, 1.54) is 13.8 Å². The van der Waals surface area contributed by atoms with Crippen LogP contribution in [-0.2, 0) is 0 Å². The van der Waals surface area contributed by atoms with Crippen LogP contribution in [0.15, 0.2) is 30.3 Å². The molecule has 2 aromatic rings. The molecule has 2 rings (SSSR count). The lowest BCUT2D eigenvalue weighted by atomic mass is 9.96. The van der Waals surface area contributed by atoms with Crippen LogP contribution < -0.4 is 0 Å². The summed E-state index contributed by atoms with van der Waals surface area (Å²) in [5.41, 5.74) is 0.528. The first-order valence-electron chi connectivity index (χ1n) is 5.79. The molecular formula is C15H14O4. The summed E-state index contributed by atoms with van der Waals surface area (Å²) in [5, 5.41) is 29.7. The molecule has 4 nitrogen and oxygen atoms in total. The third-order valence-electron chi connectivity index (χ3n) is 3.16. The summed E-state index contributed by atoms with van der Waals surface area (Å²) in [6, 6.07) is 8.35. The van der Waals surface area contributed by atoms with Gasteiger partial charge < -0.3 is 15.3 Å². The van der Waals surface area contributed by atoms with Gasteiger partial charge in [0.1, 0.15) is 22.8 Å². The number of carbonyl (C=O) groups excluding carboxylic acids is 1. The van der Waals surface area contributed by atoms with Crippen molar-refractivity contribution in [2.24, 2.45) is 0 Å². The number of phenols is 3. The monoisotopic (exact) mass is 258 g/mol. The topological polar surface area (TPSA) is 77.8 Å². The molecule has 0 atom stereocenters. The number of benzene rings is 2.